The Balaban J connectivity index is 1.50. The zero-order valence-corrected chi connectivity index (χ0v) is 32.0. The summed E-state index contributed by atoms with van der Waals surface area (Å²) in [5.41, 5.74) is 4.68. The second-order valence-corrected chi connectivity index (χ2v) is 16.5. The van der Waals surface area contributed by atoms with Crippen LogP contribution in [0.2, 0.25) is 0 Å². The number of carbonyl (C=O) groups is 3. The SMILES string of the molecule is COC(=O)/C(C)=C\CC12OC(C)(C)C3CC(C1=O)C(n1cnc(N)n1)C1C(=O)c4c(O)c5c(c(CC=C(C)C)c4OC132)OC(C)(CCC=C(C)C)C=C5. The Morgan fingerprint density at radius 2 is 1.79 bits per heavy atom. The number of nitrogens with two attached hydrogens (primary N) is 1. The van der Waals surface area contributed by atoms with Crippen molar-refractivity contribution in [1.82, 2.24) is 14.8 Å². The molecule has 3 N–H and O–H groups in total. The normalized spacial score (nSPS) is 31.5. The van der Waals surface area contributed by atoms with Crippen molar-refractivity contribution in [2.24, 2.45) is 17.8 Å². The number of phenolic OH excluding ortho intramolecular Hbond substituents is 1. The maximum absolute atomic E-state index is 15.6. The molecule has 4 bridgehead atoms. The Bertz CT molecular complexity index is 2050. The maximum atomic E-state index is 15.6. The van der Waals surface area contributed by atoms with Gasteiger partial charge in [-0.3, -0.25) is 9.59 Å². The highest BCUT2D eigenvalue weighted by atomic mass is 16.6. The highest BCUT2D eigenvalue weighted by Crippen LogP contribution is 2.72. The molecule has 282 valence electrons. The van der Waals surface area contributed by atoms with Crippen LogP contribution >= 0.6 is 0 Å². The molecule has 3 aliphatic heterocycles. The number of methoxy groups -OCH3 is 1. The molecule has 1 aromatic carbocycles. The van der Waals surface area contributed by atoms with E-state index in [0.717, 1.165) is 12.0 Å². The maximum Gasteiger partial charge on any atom is 0.333 e. The van der Waals surface area contributed by atoms with E-state index in [1.54, 1.807) is 13.0 Å². The lowest BCUT2D eigenvalue weighted by molar-refractivity contribution is -0.209. The van der Waals surface area contributed by atoms with Gasteiger partial charge in [-0.2, -0.15) is 0 Å². The Morgan fingerprint density at radius 1 is 1.08 bits per heavy atom. The lowest BCUT2D eigenvalue weighted by Crippen LogP contribution is -2.78. The number of benzene rings is 1. The number of allylic oxidation sites excluding steroid dienone is 4. The average Bonchev–Trinajstić information content (AvgIpc) is 3.58. The molecule has 1 spiro atoms. The van der Waals surface area contributed by atoms with Gasteiger partial charge in [-0.1, -0.05) is 29.4 Å². The van der Waals surface area contributed by atoms with Gasteiger partial charge in [-0.05, 0) is 93.2 Å². The number of carbonyl (C=O) groups excluding carboxylic acids is 3. The molecule has 12 nitrogen and oxygen atoms in total. The fourth-order valence-corrected chi connectivity index (χ4v) is 9.69. The molecule has 0 amide bonds. The number of phenols is 1. The van der Waals surface area contributed by atoms with Gasteiger partial charge in [-0.25, -0.2) is 14.5 Å². The molecule has 7 unspecified atom stereocenters. The van der Waals surface area contributed by atoms with Crippen molar-refractivity contribution in [3.05, 3.63) is 64.0 Å². The summed E-state index contributed by atoms with van der Waals surface area (Å²) in [4.78, 5) is 47.5. The number of ketones is 2. The van der Waals surface area contributed by atoms with E-state index < -0.39 is 58.0 Å². The van der Waals surface area contributed by atoms with E-state index >= 15 is 9.59 Å². The molecule has 53 heavy (non-hydrogen) atoms. The average molecular weight is 727 g/mol. The van der Waals surface area contributed by atoms with E-state index in [4.69, 9.17) is 24.7 Å². The van der Waals surface area contributed by atoms with Crippen LogP contribution in [0.25, 0.3) is 6.08 Å². The van der Waals surface area contributed by atoms with Gasteiger partial charge >= 0.3 is 5.97 Å². The first kappa shape index (κ1) is 36.6. The number of Topliss-reactive ketones (excluding diaryl/α,β-unsaturated/α-hetero) is 2. The summed E-state index contributed by atoms with van der Waals surface area (Å²) in [6.45, 7) is 15.5. The molecule has 3 aliphatic carbocycles. The highest BCUT2D eigenvalue weighted by Gasteiger charge is 2.86. The zero-order chi connectivity index (χ0) is 38.4. The fraction of sp³-hybridized carbons (Fsp3) is 0.537. The third-order valence-electron chi connectivity index (χ3n) is 12.1. The van der Waals surface area contributed by atoms with Crippen LogP contribution < -0.4 is 15.2 Å². The van der Waals surface area contributed by atoms with E-state index in [9.17, 15) is 9.90 Å². The monoisotopic (exact) mass is 726 g/mol. The number of ether oxygens (including phenoxy) is 4. The van der Waals surface area contributed by atoms with Crippen molar-refractivity contribution in [2.75, 3.05) is 12.8 Å². The Labute approximate surface area is 310 Å². The van der Waals surface area contributed by atoms with Gasteiger partial charge in [0, 0.05) is 29.4 Å². The standard InChI is InChI=1S/C41H50N4O8/c1-21(2)11-10-16-39(8)17-15-24-31(46)28-32(47)29-30(45-20-43-37(42)44-45)26-19-27-38(6,7)53-40(35(26)48,18-14-23(5)36(49)50-9)41(27,29)52-34(28)25(33(24)51-39)13-12-22(3)4/h11-12,14-15,17,20,26-27,29-30,46H,10,13,16,18-19H2,1-9H3,(H2,42,44)/b23-14-. The van der Waals surface area contributed by atoms with Gasteiger partial charge in [0.2, 0.25) is 5.95 Å². The van der Waals surface area contributed by atoms with Crippen LogP contribution in [0.4, 0.5) is 5.95 Å². The molecule has 12 heteroatoms. The minimum absolute atomic E-state index is 0.000673. The van der Waals surface area contributed by atoms with Crippen LogP contribution in [-0.4, -0.2) is 66.9 Å². The summed E-state index contributed by atoms with van der Waals surface area (Å²) >= 11 is 0. The summed E-state index contributed by atoms with van der Waals surface area (Å²) < 4.78 is 27.7. The van der Waals surface area contributed by atoms with Crippen molar-refractivity contribution in [3.8, 4) is 17.2 Å². The second kappa shape index (κ2) is 12.4. The van der Waals surface area contributed by atoms with Gasteiger partial charge < -0.3 is 29.8 Å². The molecule has 1 aromatic heterocycles. The van der Waals surface area contributed by atoms with E-state index in [-0.39, 0.29) is 35.2 Å². The van der Waals surface area contributed by atoms with Crippen molar-refractivity contribution in [2.45, 2.75) is 116 Å². The summed E-state index contributed by atoms with van der Waals surface area (Å²) in [7, 11) is 1.30. The van der Waals surface area contributed by atoms with Crippen molar-refractivity contribution in [1.29, 1.82) is 0 Å². The molecule has 1 saturated heterocycles. The van der Waals surface area contributed by atoms with E-state index in [0.29, 0.717) is 41.7 Å². The largest absolute Gasteiger partial charge is 0.506 e. The third-order valence-corrected chi connectivity index (χ3v) is 12.1. The molecule has 6 aliphatic rings. The zero-order valence-electron chi connectivity index (χ0n) is 32.0. The number of hydrogen-bond donors (Lipinski definition) is 2. The topological polar surface area (TPSA) is 165 Å². The predicted octanol–water partition coefficient (Wildman–Crippen LogP) is 6.43. The highest BCUT2D eigenvalue weighted by molar-refractivity contribution is 6.10. The molecule has 0 radical (unpaired) electrons. The first-order chi connectivity index (χ1) is 24.9. The Kier molecular flexibility index (Phi) is 8.59. The summed E-state index contributed by atoms with van der Waals surface area (Å²) in [6.07, 6.45) is 13.1. The Hall–Kier alpha value is -4.71. The first-order valence-electron chi connectivity index (χ1n) is 18.4. The molecule has 3 saturated carbocycles. The smallest absolute Gasteiger partial charge is 0.333 e. The number of hydrogen-bond acceptors (Lipinski definition) is 11. The molecular formula is C41H50N4O8. The third kappa shape index (κ3) is 5.30. The number of rotatable bonds is 9. The minimum atomic E-state index is -1.68. The van der Waals surface area contributed by atoms with Crippen LogP contribution in [0.3, 0.4) is 0 Å². The second-order valence-electron chi connectivity index (χ2n) is 16.5. The van der Waals surface area contributed by atoms with Gasteiger partial charge in [0.15, 0.2) is 22.8 Å². The summed E-state index contributed by atoms with van der Waals surface area (Å²) in [6, 6.07) is -0.831. The Morgan fingerprint density at radius 3 is 2.43 bits per heavy atom. The number of fused-ring (bicyclic) bond motifs is 2. The van der Waals surface area contributed by atoms with Crippen molar-refractivity contribution < 1.29 is 38.4 Å². The number of aromatic nitrogens is 3. The van der Waals surface area contributed by atoms with E-state index in [2.05, 4.69) is 30.0 Å². The van der Waals surface area contributed by atoms with Crippen molar-refractivity contribution >= 4 is 29.6 Å². The van der Waals surface area contributed by atoms with Gasteiger partial charge in [0.05, 0.1) is 30.2 Å². The molecular weight excluding hydrogens is 676 g/mol. The minimum Gasteiger partial charge on any atom is -0.506 e. The molecule has 7 atom stereocenters. The molecule has 4 heterocycles. The fourth-order valence-electron chi connectivity index (χ4n) is 9.69. The van der Waals surface area contributed by atoms with Crippen molar-refractivity contribution in [3.63, 3.8) is 0 Å². The lowest BCUT2D eigenvalue weighted by Gasteiger charge is -2.62. The molecule has 8 rings (SSSR count). The van der Waals surface area contributed by atoms with Crippen LogP contribution in [0.15, 0.2) is 47.4 Å². The lowest BCUT2D eigenvalue weighted by atomic mass is 9.45. The number of anilines is 1. The first-order valence-corrected chi connectivity index (χ1v) is 18.4. The van der Waals surface area contributed by atoms with Crippen LogP contribution in [0.1, 0.15) is 109 Å². The van der Waals surface area contributed by atoms with Crippen LogP contribution in [0.5, 0.6) is 17.2 Å². The van der Waals surface area contributed by atoms with Gasteiger partial charge in [-0.15, -0.1) is 5.10 Å². The quantitative estimate of drug-likeness (QED) is 0.166. The summed E-state index contributed by atoms with van der Waals surface area (Å²) in [5.74, 6) is -3.05. The number of esters is 1. The number of nitrogen functional groups attached to an aromatic ring is 1. The molecule has 4 fully saturated rings. The molecule has 2 aromatic rings. The van der Waals surface area contributed by atoms with E-state index in [1.807, 2.05) is 52.8 Å². The summed E-state index contributed by atoms with van der Waals surface area (Å²) in [5, 5.41) is 16.6. The van der Waals surface area contributed by atoms with Gasteiger partial charge in [0.25, 0.3) is 0 Å². The number of aromatic hydroxyl groups is 1. The van der Waals surface area contributed by atoms with Crippen LogP contribution in [-0.2, 0) is 25.5 Å². The van der Waals surface area contributed by atoms with E-state index in [1.165, 1.54) is 23.7 Å². The predicted molar refractivity (Wildman–Crippen MR) is 198 cm³/mol. The van der Waals surface area contributed by atoms with Gasteiger partial charge in [0.1, 0.15) is 34.7 Å². The van der Waals surface area contributed by atoms with Crippen LogP contribution in [0, 0.1) is 17.8 Å². The number of nitrogens with zero attached hydrogens (tertiary/aromatic N) is 3.